The predicted molar refractivity (Wildman–Crippen MR) is 109 cm³/mol. The van der Waals surface area contributed by atoms with Crippen LogP contribution in [0.3, 0.4) is 0 Å². The number of methoxy groups -OCH3 is 1. The van der Waals surface area contributed by atoms with Gasteiger partial charge >= 0.3 is 0 Å². The highest BCUT2D eigenvalue weighted by molar-refractivity contribution is 6.03. The standard InChI is InChI=1S/C22H24O11/c1-31-13-6-14-16(11(26)5-12(32-14)8-2-3-9(24)10(25)4-8)19(28)17(13)22-21(30)20(29)18(27)15(7-23)33-22/h2-4,6,12,15,18,20-25,27-30H,5,7H2,1H3. The number of hydrogen-bond donors (Lipinski definition) is 7. The summed E-state index contributed by atoms with van der Waals surface area (Å²) >= 11 is 0. The van der Waals surface area contributed by atoms with Gasteiger partial charge in [-0.05, 0) is 17.7 Å². The van der Waals surface area contributed by atoms with Gasteiger partial charge in [-0.15, -0.1) is 0 Å². The number of rotatable bonds is 4. The Labute approximate surface area is 187 Å². The minimum atomic E-state index is -1.70. The Hall–Kier alpha value is -3.09. The second-order valence-corrected chi connectivity index (χ2v) is 7.95. The molecule has 6 atom stereocenters. The molecule has 0 bridgehead atoms. The van der Waals surface area contributed by atoms with Crippen LogP contribution in [0.1, 0.15) is 40.1 Å². The first kappa shape index (κ1) is 23.1. The van der Waals surface area contributed by atoms with Gasteiger partial charge in [-0.25, -0.2) is 0 Å². The lowest BCUT2D eigenvalue weighted by Crippen LogP contribution is -2.55. The number of carbonyl (C=O) groups excluding carboxylic acids is 1. The molecule has 0 amide bonds. The quantitative estimate of drug-likeness (QED) is 0.303. The van der Waals surface area contributed by atoms with Crippen molar-refractivity contribution in [2.24, 2.45) is 0 Å². The largest absolute Gasteiger partial charge is 0.507 e. The molecule has 11 heteroatoms. The third-order valence-electron chi connectivity index (χ3n) is 5.95. The SMILES string of the molecule is COc1cc2c(c(O)c1C1OC(CO)C(O)C(O)C1O)C(=O)CC(c1ccc(O)c(O)c1)O2. The Bertz CT molecular complexity index is 1070. The summed E-state index contributed by atoms with van der Waals surface area (Å²) in [5, 5.41) is 70.4. The normalized spacial score (nSPS) is 29.3. The van der Waals surface area contributed by atoms with Crippen molar-refractivity contribution in [2.75, 3.05) is 13.7 Å². The number of Topliss-reactive ketones (excluding diaryl/α,β-unsaturated/α-hetero) is 1. The van der Waals surface area contributed by atoms with E-state index in [1.165, 1.54) is 31.4 Å². The molecule has 2 aromatic rings. The molecule has 6 unspecified atom stereocenters. The lowest BCUT2D eigenvalue weighted by molar-refractivity contribution is -0.232. The van der Waals surface area contributed by atoms with Crippen molar-refractivity contribution >= 4 is 5.78 Å². The Kier molecular flexibility index (Phi) is 6.08. The number of aromatic hydroxyl groups is 3. The molecule has 0 aromatic heterocycles. The second-order valence-electron chi connectivity index (χ2n) is 7.95. The van der Waals surface area contributed by atoms with E-state index in [0.29, 0.717) is 5.56 Å². The smallest absolute Gasteiger partial charge is 0.174 e. The Morgan fingerprint density at radius 2 is 1.76 bits per heavy atom. The summed E-state index contributed by atoms with van der Waals surface area (Å²) in [5.74, 6) is -1.87. The molecule has 11 nitrogen and oxygen atoms in total. The zero-order valence-electron chi connectivity index (χ0n) is 17.5. The zero-order chi connectivity index (χ0) is 24.0. The van der Waals surface area contributed by atoms with E-state index in [1.54, 1.807) is 0 Å². The maximum atomic E-state index is 13.0. The highest BCUT2D eigenvalue weighted by Crippen LogP contribution is 2.49. The first-order valence-electron chi connectivity index (χ1n) is 10.1. The van der Waals surface area contributed by atoms with Crippen LogP contribution in [0.4, 0.5) is 0 Å². The van der Waals surface area contributed by atoms with Gasteiger partial charge < -0.3 is 50.0 Å². The van der Waals surface area contributed by atoms with Gasteiger partial charge in [0.2, 0.25) is 0 Å². The molecule has 0 saturated carbocycles. The molecule has 7 N–H and O–H groups in total. The maximum absolute atomic E-state index is 13.0. The van der Waals surface area contributed by atoms with E-state index >= 15 is 0 Å². The molecule has 0 radical (unpaired) electrons. The number of hydrogen-bond acceptors (Lipinski definition) is 11. The van der Waals surface area contributed by atoms with E-state index in [2.05, 4.69) is 0 Å². The first-order valence-corrected chi connectivity index (χ1v) is 10.1. The molecule has 1 saturated heterocycles. The molecule has 1 fully saturated rings. The van der Waals surface area contributed by atoms with Crippen LogP contribution < -0.4 is 9.47 Å². The fourth-order valence-corrected chi connectivity index (χ4v) is 4.18. The van der Waals surface area contributed by atoms with Gasteiger partial charge in [-0.3, -0.25) is 4.79 Å². The van der Waals surface area contributed by atoms with E-state index in [0.717, 1.165) is 0 Å². The Balaban J connectivity index is 1.76. The predicted octanol–water partition coefficient (Wildman–Crippen LogP) is 0.0334. The van der Waals surface area contributed by atoms with E-state index in [9.17, 15) is 40.5 Å². The first-order chi connectivity index (χ1) is 15.7. The van der Waals surface area contributed by atoms with Crippen LogP contribution in [0.25, 0.3) is 0 Å². The Morgan fingerprint density at radius 1 is 1.03 bits per heavy atom. The topological polar surface area (TPSA) is 186 Å². The molecular weight excluding hydrogens is 440 g/mol. The van der Waals surface area contributed by atoms with Gasteiger partial charge in [0.1, 0.15) is 59.4 Å². The molecule has 4 rings (SSSR count). The van der Waals surface area contributed by atoms with Crippen molar-refractivity contribution in [2.45, 2.75) is 43.0 Å². The molecule has 33 heavy (non-hydrogen) atoms. The van der Waals surface area contributed by atoms with Crippen LogP contribution >= 0.6 is 0 Å². The van der Waals surface area contributed by atoms with Crippen molar-refractivity contribution in [1.82, 2.24) is 0 Å². The molecule has 178 valence electrons. The third kappa shape index (κ3) is 3.83. The minimum absolute atomic E-state index is 0.0218. The van der Waals surface area contributed by atoms with Gasteiger partial charge in [-0.2, -0.15) is 0 Å². The molecule has 0 aliphatic carbocycles. The second kappa shape index (κ2) is 8.69. The summed E-state index contributed by atoms with van der Waals surface area (Å²) in [7, 11) is 1.27. The number of ketones is 1. The molecule has 0 spiro atoms. The summed E-state index contributed by atoms with van der Waals surface area (Å²) < 4.78 is 16.7. The minimum Gasteiger partial charge on any atom is -0.507 e. The lowest BCUT2D eigenvalue weighted by atomic mass is 9.87. The van der Waals surface area contributed by atoms with Crippen LogP contribution in [0, 0.1) is 0 Å². The van der Waals surface area contributed by atoms with Crippen LogP contribution in [0.15, 0.2) is 24.3 Å². The van der Waals surface area contributed by atoms with Crippen molar-refractivity contribution in [3.63, 3.8) is 0 Å². The summed E-state index contributed by atoms with van der Waals surface area (Å²) in [4.78, 5) is 13.0. The van der Waals surface area contributed by atoms with Gasteiger partial charge in [0.05, 0.1) is 25.7 Å². The van der Waals surface area contributed by atoms with Gasteiger partial charge in [-0.1, -0.05) is 6.07 Å². The molecular formula is C22H24O11. The molecule has 2 aliphatic rings. The zero-order valence-corrected chi connectivity index (χ0v) is 17.5. The van der Waals surface area contributed by atoms with Crippen LogP contribution in [-0.2, 0) is 4.74 Å². The van der Waals surface area contributed by atoms with Crippen molar-refractivity contribution in [1.29, 1.82) is 0 Å². The summed E-state index contributed by atoms with van der Waals surface area (Å²) in [5.41, 5.74) is 0.0774. The number of aliphatic hydroxyl groups is 4. The average Bonchev–Trinajstić information content (AvgIpc) is 2.79. The fourth-order valence-electron chi connectivity index (χ4n) is 4.18. The molecule has 2 heterocycles. The number of carbonyl (C=O) groups is 1. The monoisotopic (exact) mass is 464 g/mol. The Morgan fingerprint density at radius 3 is 2.39 bits per heavy atom. The highest BCUT2D eigenvalue weighted by atomic mass is 16.5. The number of phenolic OH excluding ortho intramolecular Hbond substituents is 3. The maximum Gasteiger partial charge on any atom is 0.174 e. The number of benzene rings is 2. The average molecular weight is 464 g/mol. The number of aliphatic hydroxyl groups excluding tert-OH is 4. The van der Waals surface area contributed by atoms with Gasteiger partial charge in [0.25, 0.3) is 0 Å². The van der Waals surface area contributed by atoms with Gasteiger partial charge in [0, 0.05) is 6.07 Å². The number of phenols is 3. The summed E-state index contributed by atoms with van der Waals surface area (Å²) in [6, 6.07) is 5.32. The summed E-state index contributed by atoms with van der Waals surface area (Å²) in [6.45, 7) is -0.668. The van der Waals surface area contributed by atoms with Crippen molar-refractivity contribution < 1.29 is 54.8 Å². The fraction of sp³-hybridized carbons (Fsp3) is 0.409. The van der Waals surface area contributed by atoms with E-state index in [-0.39, 0.29) is 40.5 Å². The van der Waals surface area contributed by atoms with Gasteiger partial charge in [0.15, 0.2) is 17.3 Å². The lowest BCUT2D eigenvalue weighted by Gasteiger charge is -2.41. The van der Waals surface area contributed by atoms with Crippen LogP contribution in [0.2, 0.25) is 0 Å². The number of ether oxygens (including phenoxy) is 3. The van der Waals surface area contributed by atoms with E-state index in [4.69, 9.17) is 14.2 Å². The van der Waals surface area contributed by atoms with Crippen molar-refractivity contribution in [3.05, 3.63) is 41.0 Å². The third-order valence-corrected chi connectivity index (χ3v) is 5.95. The van der Waals surface area contributed by atoms with Crippen molar-refractivity contribution in [3.8, 4) is 28.7 Å². The molecule has 2 aromatic carbocycles. The highest BCUT2D eigenvalue weighted by Gasteiger charge is 2.47. The van der Waals surface area contributed by atoms with Crippen LogP contribution in [-0.4, -0.2) is 79.7 Å². The molecule has 2 aliphatic heterocycles. The van der Waals surface area contributed by atoms with Crippen LogP contribution in [0.5, 0.6) is 28.7 Å². The number of fused-ring (bicyclic) bond motifs is 1. The summed E-state index contributed by atoms with van der Waals surface area (Å²) in [6.07, 6.45) is -8.68. The van der Waals surface area contributed by atoms with E-state index in [1.807, 2.05) is 0 Å². The van der Waals surface area contributed by atoms with E-state index < -0.39 is 54.8 Å².